The van der Waals surface area contributed by atoms with Crippen molar-refractivity contribution < 1.29 is 9.21 Å². The minimum atomic E-state index is -0.0492. The van der Waals surface area contributed by atoms with Crippen LogP contribution in [0.3, 0.4) is 0 Å². The minimum Gasteiger partial charge on any atom is -0.464 e. The Morgan fingerprint density at radius 3 is 2.62 bits per heavy atom. The Bertz CT molecular complexity index is 1030. The van der Waals surface area contributed by atoms with E-state index in [0.29, 0.717) is 0 Å². The van der Waals surface area contributed by atoms with E-state index in [9.17, 15) is 4.79 Å². The number of rotatable bonds is 3. The van der Waals surface area contributed by atoms with Crippen molar-refractivity contribution in [3.63, 3.8) is 0 Å². The minimum absolute atomic E-state index is 0.0492. The number of anilines is 1. The van der Waals surface area contributed by atoms with Crippen LogP contribution in [0.15, 0.2) is 71.3 Å². The molecule has 0 fully saturated rings. The van der Waals surface area contributed by atoms with Crippen molar-refractivity contribution in [2.45, 2.75) is 6.42 Å². The third-order valence-corrected chi connectivity index (χ3v) is 4.74. The SMILES string of the molecule is O=C(Cc1coc2ccc3ccccc3c12)Nc1ccc(I)cc1. The van der Waals surface area contributed by atoms with Gasteiger partial charge in [-0.2, -0.15) is 0 Å². The van der Waals surface area contributed by atoms with E-state index >= 15 is 0 Å². The molecule has 0 saturated carbocycles. The molecule has 1 aromatic heterocycles. The smallest absolute Gasteiger partial charge is 0.228 e. The second-order valence-corrected chi connectivity index (χ2v) is 6.90. The summed E-state index contributed by atoms with van der Waals surface area (Å²) in [5.41, 5.74) is 2.52. The first-order valence-corrected chi connectivity index (χ1v) is 8.72. The van der Waals surface area contributed by atoms with E-state index in [1.807, 2.05) is 48.5 Å². The van der Waals surface area contributed by atoms with E-state index in [0.717, 1.165) is 36.6 Å². The first-order valence-electron chi connectivity index (χ1n) is 7.64. The third-order valence-electron chi connectivity index (χ3n) is 4.02. The summed E-state index contributed by atoms with van der Waals surface area (Å²) in [6.07, 6.45) is 1.97. The number of carbonyl (C=O) groups excluding carboxylic acids is 1. The molecule has 3 aromatic carbocycles. The van der Waals surface area contributed by atoms with Gasteiger partial charge in [-0.1, -0.05) is 30.3 Å². The monoisotopic (exact) mass is 427 g/mol. The van der Waals surface area contributed by atoms with Crippen LogP contribution in [0.1, 0.15) is 5.56 Å². The lowest BCUT2D eigenvalue weighted by Crippen LogP contribution is -2.14. The molecule has 0 saturated heterocycles. The standard InChI is InChI=1S/C20H14INO2/c21-15-6-8-16(9-7-15)22-19(23)11-14-12-24-18-10-5-13-3-1-2-4-17(13)20(14)18/h1-10,12H,11H2,(H,22,23). The zero-order chi connectivity index (χ0) is 16.5. The quantitative estimate of drug-likeness (QED) is 0.447. The lowest BCUT2D eigenvalue weighted by Gasteiger charge is -2.05. The number of hydrogen-bond acceptors (Lipinski definition) is 2. The molecule has 0 atom stereocenters. The summed E-state index contributed by atoms with van der Waals surface area (Å²) in [5.74, 6) is -0.0492. The summed E-state index contributed by atoms with van der Waals surface area (Å²) in [6.45, 7) is 0. The molecule has 1 amide bonds. The predicted octanol–water partition coefficient (Wildman–Crippen LogP) is 5.37. The molecule has 0 aliphatic carbocycles. The second kappa shape index (κ2) is 6.28. The average Bonchev–Trinajstić information content (AvgIpc) is 3.00. The van der Waals surface area contributed by atoms with Gasteiger partial charge in [0.05, 0.1) is 12.7 Å². The predicted molar refractivity (Wildman–Crippen MR) is 105 cm³/mol. The van der Waals surface area contributed by atoms with Gasteiger partial charge in [0.15, 0.2) is 0 Å². The van der Waals surface area contributed by atoms with E-state index < -0.39 is 0 Å². The number of furan rings is 1. The molecule has 1 heterocycles. The first kappa shape index (κ1) is 15.2. The molecule has 4 rings (SSSR count). The van der Waals surface area contributed by atoms with Crippen molar-refractivity contribution in [1.82, 2.24) is 0 Å². The summed E-state index contributed by atoms with van der Waals surface area (Å²) in [5, 5.41) is 6.21. The van der Waals surface area contributed by atoms with Gasteiger partial charge in [-0.25, -0.2) is 0 Å². The Balaban J connectivity index is 1.65. The van der Waals surface area contributed by atoms with Crippen LogP contribution in [0, 0.1) is 3.57 Å². The van der Waals surface area contributed by atoms with E-state index in [4.69, 9.17) is 4.42 Å². The van der Waals surface area contributed by atoms with Crippen LogP contribution in [-0.4, -0.2) is 5.91 Å². The summed E-state index contributed by atoms with van der Waals surface area (Å²) < 4.78 is 6.78. The molecular formula is C20H14INO2. The molecule has 4 heteroatoms. The van der Waals surface area contributed by atoms with Gasteiger partial charge < -0.3 is 9.73 Å². The maximum absolute atomic E-state index is 12.4. The fourth-order valence-corrected chi connectivity index (χ4v) is 3.28. The van der Waals surface area contributed by atoms with Crippen molar-refractivity contribution in [3.8, 4) is 0 Å². The van der Waals surface area contributed by atoms with E-state index in [1.54, 1.807) is 6.26 Å². The highest BCUT2D eigenvalue weighted by Gasteiger charge is 2.13. The molecule has 0 spiro atoms. The number of fused-ring (bicyclic) bond motifs is 3. The van der Waals surface area contributed by atoms with E-state index in [1.165, 1.54) is 0 Å². The van der Waals surface area contributed by atoms with Crippen molar-refractivity contribution >= 4 is 55.9 Å². The van der Waals surface area contributed by atoms with Crippen molar-refractivity contribution in [2.24, 2.45) is 0 Å². The topological polar surface area (TPSA) is 42.2 Å². The highest BCUT2D eigenvalue weighted by Crippen LogP contribution is 2.30. The van der Waals surface area contributed by atoms with Crippen molar-refractivity contribution in [1.29, 1.82) is 0 Å². The number of carbonyl (C=O) groups is 1. The van der Waals surface area contributed by atoms with Crippen LogP contribution < -0.4 is 5.32 Å². The molecule has 4 aromatic rings. The number of benzene rings is 3. The Morgan fingerprint density at radius 1 is 1.00 bits per heavy atom. The van der Waals surface area contributed by atoms with Gasteiger partial charge in [0.1, 0.15) is 5.58 Å². The second-order valence-electron chi connectivity index (χ2n) is 5.65. The van der Waals surface area contributed by atoms with Crippen LogP contribution in [0.5, 0.6) is 0 Å². The van der Waals surface area contributed by atoms with Crippen LogP contribution in [0.2, 0.25) is 0 Å². The molecule has 1 N–H and O–H groups in total. The lowest BCUT2D eigenvalue weighted by molar-refractivity contribution is -0.115. The summed E-state index contributed by atoms with van der Waals surface area (Å²) in [4.78, 5) is 12.4. The largest absolute Gasteiger partial charge is 0.464 e. The normalized spacial score (nSPS) is 11.0. The van der Waals surface area contributed by atoms with Gasteiger partial charge in [0, 0.05) is 20.2 Å². The summed E-state index contributed by atoms with van der Waals surface area (Å²) in [6, 6.07) is 19.9. The lowest BCUT2D eigenvalue weighted by atomic mass is 10.0. The molecule has 118 valence electrons. The van der Waals surface area contributed by atoms with E-state index in [-0.39, 0.29) is 12.3 Å². The molecule has 0 bridgehead atoms. The molecular weight excluding hydrogens is 413 g/mol. The maximum Gasteiger partial charge on any atom is 0.228 e. The maximum atomic E-state index is 12.4. The fourth-order valence-electron chi connectivity index (χ4n) is 2.92. The van der Waals surface area contributed by atoms with Crippen LogP contribution >= 0.6 is 22.6 Å². The number of halogens is 1. The highest BCUT2D eigenvalue weighted by atomic mass is 127. The highest BCUT2D eigenvalue weighted by molar-refractivity contribution is 14.1. The van der Waals surface area contributed by atoms with Crippen molar-refractivity contribution in [3.05, 3.63) is 76.1 Å². The zero-order valence-electron chi connectivity index (χ0n) is 12.8. The van der Waals surface area contributed by atoms with Gasteiger partial charge in [-0.15, -0.1) is 0 Å². The molecule has 0 aliphatic heterocycles. The van der Waals surface area contributed by atoms with Crippen molar-refractivity contribution in [2.75, 3.05) is 5.32 Å². The van der Waals surface area contributed by atoms with Crippen LogP contribution in [0.4, 0.5) is 5.69 Å². The van der Waals surface area contributed by atoms with Gasteiger partial charge in [0.2, 0.25) is 5.91 Å². The average molecular weight is 427 g/mol. The molecule has 0 radical (unpaired) electrons. The number of amides is 1. The zero-order valence-corrected chi connectivity index (χ0v) is 14.9. The number of hydrogen-bond donors (Lipinski definition) is 1. The first-order chi connectivity index (χ1) is 11.7. The Labute approximate surface area is 152 Å². The molecule has 0 unspecified atom stereocenters. The Morgan fingerprint density at radius 2 is 1.79 bits per heavy atom. The van der Waals surface area contributed by atoms with Crippen LogP contribution in [0.25, 0.3) is 21.7 Å². The third kappa shape index (κ3) is 2.89. The molecule has 3 nitrogen and oxygen atoms in total. The van der Waals surface area contributed by atoms with Gasteiger partial charge in [0.25, 0.3) is 0 Å². The summed E-state index contributed by atoms with van der Waals surface area (Å²) >= 11 is 2.24. The molecule has 24 heavy (non-hydrogen) atoms. The summed E-state index contributed by atoms with van der Waals surface area (Å²) in [7, 11) is 0. The molecule has 0 aliphatic rings. The Hall–Kier alpha value is -2.34. The van der Waals surface area contributed by atoms with Gasteiger partial charge in [-0.3, -0.25) is 4.79 Å². The van der Waals surface area contributed by atoms with Crippen LogP contribution in [-0.2, 0) is 11.2 Å². The Kier molecular flexibility index (Phi) is 3.98. The van der Waals surface area contributed by atoms with E-state index in [2.05, 4.69) is 40.0 Å². The number of nitrogens with one attached hydrogen (secondary N) is 1. The fraction of sp³-hybridized carbons (Fsp3) is 0.0500. The van der Waals surface area contributed by atoms with Gasteiger partial charge >= 0.3 is 0 Å². The van der Waals surface area contributed by atoms with Gasteiger partial charge in [-0.05, 0) is 63.7 Å².